The van der Waals surface area contributed by atoms with Crippen molar-refractivity contribution >= 4 is 28.0 Å². The number of hydrogen-bond donors (Lipinski definition) is 2. The van der Waals surface area contributed by atoms with Crippen molar-refractivity contribution in [1.29, 1.82) is 0 Å². The Morgan fingerprint density at radius 3 is 2.93 bits per heavy atom. The van der Waals surface area contributed by atoms with E-state index in [1.807, 2.05) is 0 Å². The van der Waals surface area contributed by atoms with E-state index in [-0.39, 0.29) is 0 Å². The second-order valence-electron chi connectivity index (χ2n) is 3.12. The van der Waals surface area contributed by atoms with Gasteiger partial charge in [0.05, 0.1) is 5.56 Å². The first kappa shape index (κ1) is 12.4. The SMILES string of the molecule is CS(=O)CCNCc1cc(C(N)=O)cs1. The van der Waals surface area contributed by atoms with Crippen molar-refractivity contribution in [3.8, 4) is 0 Å². The topological polar surface area (TPSA) is 72.2 Å². The number of hydrogen-bond acceptors (Lipinski definition) is 4. The third-order valence-corrected chi connectivity index (χ3v) is 3.52. The maximum absolute atomic E-state index is 10.8. The van der Waals surface area contributed by atoms with Gasteiger partial charge in [0.2, 0.25) is 5.91 Å². The maximum atomic E-state index is 10.8. The summed E-state index contributed by atoms with van der Waals surface area (Å²) in [6, 6.07) is 1.78. The van der Waals surface area contributed by atoms with E-state index in [1.54, 1.807) is 17.7 Å². The first-order valence-electron chi connectivity index (χ1n) is 4.47. The number of nitrogens with one attached hydrogen (secondary N) is 1. The Hall–Kier alpha value is -0.720. The highest BCUT2D eigenvalue weighted by atomic mass is 32.2. The Morgan fingerprint density at radius 1 is 1.67 bits per heavy atom. The predicted octanol–water partition coefficient (Wildman–Crippen LogP) is 0.315. The molecular weight excluding hydrogens is 232 g/mol. The minimum absolute atomic E-state index is 0.396. The zero-order valence-electron chi connectivity index (χ0n) is 8.49. The van der Waals surface area contributed by atoms with E-state index in [0.29, 0.717) is 24.4 Å². The molecule has 0 aliphatic rings. The molecule has 1 rings (SSSR count). The lowest BCUT2D eigenvalue weighted by atomic mass is 10.3. The molecule has 0 aromatic carbocycles. The zero-order chi connectivity index (χ0) is 11.3. The van der Waals surface area contributed by atoms with Crippen molar-refractivity contribution in [3.63, 3.8) is 0 Å². The summed E-state index contributed by atoms with van der Waals surface area (Å²) in [6.45, 7) is 1.40. The fourth-order valence-corrected chi connectivity index (χ4v) is 2.30. The van der Waals surface area contributed by atoms with Crippen molar-refractivity contribution in [2.75, 3.05) is 18.6 Å². The number of carbonyl (C=O) groups excluding carboxylic acids is 1. The zero-order valence-corrected chi connectivity index (χ0v) is 10.1. The summed E-state index contributed by atoms with van der Waals surface area (Å²) in [7, 11) is -0.759. The molecule has 1 heterocycles. The molecule has 0 fully saturated rings. The van der Waals surface area contributed by atoms with Crippen LogP contribution in [0.5, 0.6) is 0 Å². The molecule has 0 spiro atoms. The Morgan fingerprint density at radius 2 is 2.40 bits per heavy atom. The van der Waals surface area contributed by atoms with Gasteiger partial charge in [0.25, 0.3) is 0 Å². The molecule has 1 aromatic rings. The van der Waals surface area contributed by atoms with Crippen molar-refractivity contribution in [3.05, 3.63) is 21.9 Å². The number of nitrogens with two attached hydrogens (primary N) is 1. The molecular formula is C9H14N2O2S2. The summed E-state index contributed by atoms with van der Waals surface area (Å²) in [6.07, 6.45) is 1.68. The molecule has 84 valence electrons. The minimum Gasteiger partial charge on any atom is -0.366 e. The second-order valence-corrected chi connectivity index (χ2v) is 5.67. The molecule has 0 saturated heterocycles. The lowest BCUT2D eigenvalue weighted by Crippen LogP contribution is -2.19. The van der Waals surface area contributed by atoms with Gasteiger partial charge in [-0.05, 0) is 6.07 Å². The van der Waals surface area contributed by atoms with Gasteiger partial charge in [-0.1, -0.05) is 0 Å². The minimum atomic E-state index is -0.759. The van der Waals surface area contributed by atoms with Gasteiger partial charge < -0.3 is 11.1 Å². The largest absolute Gasteiger partial charge is 0.366 e. The Balaban J connectivity index is 2.31. The van der Waals surface area contributed by atoms with Crippen molar-refractivity contribution in [1.82, 2.24) is 5.32 Å². The highest BCUT2D eigenvalue weighted by molar-refractivity contribution is 7.84. The normalized spacial score (nSPS) is 12.6. The van der Waals surface area contributed by atoms with E-state index in [9.17, 15) is 9.00 Å². The van der Waals surface area contributed by atoms with E-state index < -0.39 is 16.7 Å². The summed E-state index contributed by atoms with van der Waals surface area (Å²) >= 11 is 1.50. The third kappa shape index (κ3) is 4.55. The molecule has 1 aromatic heterocycles. The van der Waals surface area contributed by atoms with E-state index in [2.05, 4.69) is 5.32 Å². The van der Waals surface area contributed by atoms with Crippen LogP contribution in [-0.4, -0.2) is 28.7 Å². The average molecular weight is 246 g/mol. The van der Waals surface area contributed by atoms with Gasteiger partial charge in [-0.25, -0.2) is 0 Å². The fraction of sp³-hybridized carbons (Fsp3) is 0.444. The molecule has 0 bridgehead atoms. The number of amides is 1. The highest BCUT2D eigenvalue weighted by Gasteiger charge is 2.03. The molecule has 0 aliphatic heterocycles. The molecule has 1 atom stereocenters. The average Bonchev–Trinajstić information content (AvgIpc) is 2.60. The summed E-state index contributed by atoms with van der Waals surface area (Å²) in [5.41, 5.74) is 5.68. The third-order valence-electron chi connectivity index (χ3n) is 1.80. The summed E-state index contributed by atoms with van der Waals surface area (Å²) < 4.78 is 10.8. The van der Waals surface area contributed by atoms with Crippen LogP contribution in [0.1, 0.15) is 15.2 Å². The van der Waals surface area contributed by atoms with Crippen LogP contribution in [0, 0.1) is 0 Å². The second kappa shape index (κ2) is 5.99. The number of rotatable bonds is 6. The highest BCUT2D eigenvalue weighted by Crippen LogP contribution is 2.13. The first-order valence-corrected chi connectivity index (χ1v) is 7.08. The Kier molecular flexibility index (Phi) is 4.93. The Bertz CT molecular complexity index is 363. The standard InChI is InChI=1S/C9H14N2O2S2/c1-15(13)3-2-11-5-8-4-7(6-14-8)9(10)12/h4,6,11H,2-3,5H2,1H3,(H2,10,12). The van der Waals surface area contributed by atoms with E-state index in [0.717, 1.165) is 4.88 Å². The Labute approximate surface area is 95.3 Å². The van der Waals surface area contributed by atoms with Crippen LogP contribution in [0.2, 0.25) is 0 Å². The maximum Gasteiger partial charge on any atom is 0.249 e. The molecule has 3 N–H and O–H groups in total. The van der Waals surface area contributed by atoms with Crippen LogP contribution in [0.3, 0.4) is 0 Å². The van der Waals surface area contributed by atoms with E-state index in [1.165, 1.54) is 11.3 Å². The number of carbonyl (C=O) groups is 1. The van der Waals surface area contributed by atoms with Gasteiger partial charge in [-0.2, -0.15) is 0 Å². The van der Waals surface area contributed by atoms with Gasteiger partial charge >= 0.3 is 0 Å². The van der Waals surface area contributed by atoms with Gasteiger partial charge in [0.15, 0.2) is 0 Å². The molecule has 0 aliphatic carbocycles. The lowest BCUT2D eigenvalue weighted by Gasteiger charge is -2.00. The van der Waals surface area contributed by atoms with Crippen LogP contribution >= 0.6 is 11.3 Å². The monoisotopic (exact) mass is 246 g/mol. The van der Waals surface area contributed by atoms with Gasteiger partial charge in [-0.3, -0.25) is 9.00 Å². The van der Waals surface area contributed by atoms with Crippen molar-refractivity contribution in [2.24, 2.45) is 5.73 Å². The predicted molar refractivity (Wildman–Crippen MR) is 63.5 cm³/mol. The lowest BCUT2D eigenvalue weighted by molar-refractivity contribution is 0.100. The molecule has 15 heavy (non-hydrogen) atoms. The van der Waals surface area contributed by atoms with Gasteiger partial charge in [-0.15, -0.1) is 11.3 Å². The van der Waals surface area contributed by atoms with Crippen LogP contribution in [-0.2, 0) is 17.3 Å². The first-order chi connectivity index (χ1) is 7.09. The molecule has 4 nitrogen and oxygen atoms in total. The fourth-order valence-electron chi connectivity index (χ4n) is 1.03. The summed E-state index contributed by atoms with van der Waals surface area (Å²) in [5, 5.41) is 4.90. The molecule has 1 amide bonds. The van der Waals surface area contributed by atoms with Gasteiger partial charge in [0.1, 0.15) is 0 Å². The van der Waals surface area contributed by atoms with Crippen LogP contribution in [0.25, 0.3) is 0 Å². The summed E-state index contributed by atoms with van der Waals surface area (Å²) in [5.74, 6) is 0.251. The van der Waals surface area contributed by atoms with Crippen LogP contribution in [0.15, 0.2) is 11.4 Å². The summed E-state index contributed by atoms with van der Waals surface area (Å²) in [4.78, 5) is 11.9. The van der Waals surface area contributed by atoms with Crippen LogP contribution < -0.4 is 11.1 Å². The van der Waals surface area contributed by atoms with Crippen LogP contribution in [0.4, 0.5) is 0 Å². The molecule has 0 radical (unpaired) electrons. The van der Waals surface area contributed by atoms with E-state index >= 15 is 0 Å². The molecule has 6 heteroatoms. The molecule has 1 unspecified atom stereocenters. The quantitative estimate of drug-likeness (QED) is 0.710. The van der Waals surface area contributed by atoms with Gasteiger partial charge in [0, 0.05) is 46.2 Å². The number of thiophene rings is 1. The van der Waals surface area contributed by atoms with Crippen molar-refractivity contribution < 1.29 is 9.00 Å². The molecule has 0 saturated carbocycles. The van der Waals surface area contributed by atoms with Crippen molar-refractivity contribution in [2.45, 2.75) is 6.54 Å². The van der Waals surface area contributed by atoms with E-state index in [4.69, 9.17) is 5.73 Å². The number of primary amides is 1. The smallest absolute Gasteiger partial charge is 0.249 e.